The number of methoxy groups -OCH3 is 4. The fourth-order valence-electron chi connectivity index (χ4n) is 3.57. The SMILES string of the molecule is COC(=O)N(CCCCNC(N)=N[N+](=O)[O-])c1cc(/C=C\c2cc(OC)c(OC)c(OC)c2)ccc1C. The second kappa shape index (κ2) is 14.2. The standard InChI is InChI=1S/C25H33N5O7/c1-17-8-9-18(10-11-19-15-21(34-2)23(36-4)22(16-19)35-3)14-20(17)29(25(31)37-5)13-7-6-12-27-24(26)28-30(32)33/h8-11,14-16H,6-7,12-13H2,1-5H3,(H3,26,27,28)/b11-10-. The highest BCUT2D eigenvalue weighted by Crippen LogP contribution is 2.38. The lowest BCUT2D eigenvalue weighted by Crippen LogP contribution is -2.35. The Morgan fingerprint density at radius 3 is 2.27 bits per heavy atom. The summed E-state index contributed by atoms with van der Waals surface area (Å²) in [6, 6.07) is 9.46. The Hall–Kier alpha value is -4.48. The van der Waals surface area contributed by atoms with Crippen molar-refractivity contribution < 1.29 is 28.8 Å². The highest BCUT2D eigenvalue weighted by Gasteiger charge is 2.18. The summed E-state index contributed by atoms with van der Waals surface area (Å²) in [5, 5.41) is 15.1. The van der Waals surface area contributed by atoms with Crippen molar-refractivity contribution in [2.24, 2.45) is 10.8 Å². The maximum Gasteiger partial charge on any atom is 0.414 e. The molecule has 0 bridgehead atoms. The first-order valence-electron chi connectivity index (χ1n) is 11.4. The number of guanidine groups is 1. The number of nitro groups is 1. The zero-order chi connectivity index (χ0) is 27.4. The van der Waals surface area contributed by atoms with E-state index in [0.29, 0.717) is 48.9 Å². The van der Waals surface area contributed by atoms with E-state index in [-0.39, 0.29) is 5.96 Å². The quantitative estimate of drug-likeness (QED) is 0.108. The van der Waals surface area contributed by atoms with Gasteiger partial charge in [-0.05, 0) is 54.7 Å². The monoisotopic (exact) mass is 515 g/mol. The van der Waals surface area contributed by atoms with E-state index in [2.05, 4.69) is 10.4 Å². The van der Waals surface area contributed by atoms with Gasteiger partial charge in [0.25, 0.3) is 5.96 Å². The molecule has 0 saturated carbocycles. The number of nitrogens with two attached hydrogens (primary N) is 1. The molecule has 0 atom stereocenters. The van der Waals surface area contributed by atoms with Crippen LogP contribution in [0.4, 0.5) is 10.5 Å². The van der Waals surface area contributed by atoms with Crippen molar-refractivity contribution in [2.75, 3.05) is 46.4 Å². The summed E-state index contributed by atoms with van der Waals surface area (Å²) in [6.45, 7) is 2.66. The van der Waals surface area contributed by atoms with E-state index >= 15 is 0 Å². The minimum Gasteiger partial charge on any atom is -0.493 e. The number of nitrogens with one attached hydrogen (secondary N) is 1. The molecule has 0 radical (unpaired) electrons. The predicted molar refractivity (Wildman–Crippen MR) is 142 cm³/mol. The molecule has 37 heavy (non-hydrogen) atoms. The van der Waals surface area contributed by atoms with Gasteiger partial charge in [-0.25, -0.2) is 14.9 Å². The maximum atomic E-state index is 12.6. The van der Waals surface area contributed by atoms with E-state index in [4.69, 9.17) is 24.7 Å². The van der Waals surface area contributed by atoms with Crippen LogP contribution >= 0.6 is 0 Å². The molecule has 3 N–H and O–H groups in total. The van der Waals surface area contributed by atoms with Crippen LogP contribution in [0, 0.1) is 17.0 Å². The Labute approximate surface area is 215 Å². The number of carbonyl (C=O) groups is 1. The van der Waals surface area contributed by atoms with Crippen molar-refractivity contribution in [3.05, 3.63) is 57.1 Å². The van der Waals surface area contributed by atoms with Gasteiger partial charge in [0, 0.05) is 13.1 Å². The number of rotatable bonds is 12. The van der Waals surface area contributed by atoms with E-state index in [1.165, 1.54) is 7.11 Å². The second-order valence-electron chi connectivity index (χ2n) is 7.82. The lowest BCUT2D eigenvalue weighted by atomic mass is 10.1. The Morgan fingerprint density at radius 1 is 1.05 bits per heavy atom. The van der Waals surface area contributed by atoms with Crippen LogP contribution in [0.15, 0.2) is 35.4 Å². The van der Waals surface area contributed by atoms with Gasteiger partial charge in [-0.2, -0.15) is 0 Å². The van der Waals surface area contributed by atoms with Crippen LogP contribution in [0.2, 0.25) is 0 Å². The lowest BCUT2D eigenvalue weighted by molar-refractivity contribution is -0.485. The van der Waals surface area contributed by atoms with E-state index in [9.17, 15) is 14.9 Å². The first-order valence-corrected chi connectivity index (χ1v) is 11.4. The Kier molecular flexibility index (Phi) is 11.0. The number of nitrogens with zero attached hydrogens (tertiary/aromatic N) is 3. The van der Waals surface area contributed by atoms with Gasteiger partial charge in [0.1, 0.15) is 5.10 Å². The molecular weight excluding hydrogens is 482 g/mol. The number of hydrazone groups is 1. The molecule has 0 spiro atoms. The Bertz CT molecular complexity index is 1130. The average molecular weight is 516 g/mol. The number of anilines is 1. The molecule has 1 amide bonds. The molecule has 0 saturated heterocycles. The van der Waals surface area contributed by atoms with Crippen LogP contribution in [0.25, 0.3) is 12.2 Å². The van der Waals surface area contributed by atoms with Gasteiger partial charge in [0.2, 0.25) is 5.75 Å². The number of benzene rings is 2. The third-order valence-corrected chi connectivity index (χ3v) is 5.38. The smallest absolute Gasteiger partial charge is 0.414 e. The summed E-state index contributed by atoms with van der Waals surface area (Å²) in [5.41, 5.74) is 8.74. The van der Waals surface area contributed by atoms with Gasteiger partial charge in [-0.1, -0.05) is 24.3 Å². The molecule has 2 aromatic carbocycles. The number of hydrogen-bond donors (Lipinski definition) is 2. The molecule has 12 heteroatoms. The van der Waals surface area contributed by atoms with Crippen LogP contribution < -0.4 is 30.2 Å². The van der Waals surface area contributed by atoms with E-state index < -0.39 is 11.1 Å². The van der Waals surface area contributed by atoms with Crippen LogP contribution in [-0.2, 0) is 4.74 Å². The van der Waals surface area contributed by atoms with Crippen LogP contribution in [0.5, 0.6) is 17.2 Å². The number of carbonyl (C=O) groups excluding carboxylic acids is 1. The number of hydrogen-bond acceptors (Lipinski definition) is 7. The highest BCUT2D eigenvalue weighted by molar-refractivity contribution is 5.89. The van der Waals surface area contributed by atoms with Gasteiger partial charge in [0.05, 0.1) is 34.1 Å². The summed E-state index contributed by atoms with van der Waals surface area (Å²) >= 11 is 0. The van der Waals surface area contributed by atoms with Gasteiger partial charge >= 0.3 is 6.09 Å². The normalized spacial score (nSPS) is 11.2. The molecule has 0 fully saturated rings. The van der Waals surface area contributed by atoms with Gasteiger partial charge in [-0.15, -0.1) is 0 Å². The highest BCUT2D eigenvalue weighted by atomic mass is 16.7. The van der Waals surface area contributed by atoms with Crippen LogP contribution in [-0.4, -0.2) is 58.6 Å². The fraction of sp³-hybridized carbons (Fsp3) is 0.360. The number of amides is 1. The molecule has 0 aliphatic carbocycles. The molecule has 0 unspecified atom stereocenters. The van der Waals surface area contributed by atoms with Gasteiger partial charge in [-0.3, -0.25) is 4.90 Å². The van der Waals surface area contributed by atoms with Crippen molar-refractivity contribution in [2.45, 2.75) is 19.8 Å². The molecule has 0 aromatic heterocycles. The number of unbranched alkanes of at least 4 members (excludes halogenated alkanes) is 1. The fourth-order valence-corrected chi connectivity index (χ4v) is 3.57. The van der Waals surface area contributed by atoms with Crippen LogP contribution in [0.1, 0.15) is 29.5 Å². The Balaban J connectivity index is 2.20. The summed E-state index contributed by atoms with van der Waals surface area (Å²) in [4.78, 5) is 24.5. The summed E-state index contributed by atoms with van der Waals surface area (Å²) in [6.07, 6.45) is 4.53. The third-order valence-electron chi connectivity index (χ3n) is 5.38. The van der Waals surface area contributed by atoms with Crippen molar-refractivity contribution in [3.63, 3.8) is 0 Å². The van der Waals surface area contributed by atoms with Crippen LogP contribution in [0.3, 0.4) is 0 Å². The molecule has 2 aromatic rings. The van der Waals surface area contributed by atoms with Crippen molar-refractivity contribution in [3.8, 4) is 17.2 Å². The minimum atomic E-state index is -0.868. The number of ether oxygens (including phenoxy) is 4. The van der Waals surface area contributed by atoms with Crippen molar-refractivity contribution in [1.82, 2.24) is 5.32 Å². The molecule has 0 aliphatic rings. The molecule has 200 valence electrons. The molecule has 0 heterocycles. The average Bonchev–Trinajstić information content (AvgIpc) is 2.88. The lowest BCUT2D eigenvalue weighted by Gasteiger charge is -2.23. The second-order valence-corrected chi connectivity index (χ2v) is 7.82. The van der Waals surface area contributed by atoms with E-state index in [1.807, 2.05) is 49.4 Å². The van der Waals surface area contributed by atoms with Gasteiger partial charge < -0.3 is 30.0 Å². The maximum absolute atomic E-state index is 12.6. The van der Waals surface area contributed by atoms with Crippen molar-refractivity contribution >= 4 is 29.9 Å². The summed E-state index contributed by atoms with van der Waals surface area (Å²) < 4.78 is 21.2. The topological polar surface area (TPSA) is 151 Å². The zero-order valence-electron chi connectivity index (χ0n) is 21.6. The summed E-state index contributed by atoms with van der Waals surface area (Å²) in [5.74, 6) is 1.33. The zero-order valence-corrected chi connectivity index (χ0v) is 21.6. The first kappa shape index (κ1) is 28.8. The van der Waals surface area contributed by atoms with Crippen molar-refractivity contribution in [1.29, 1.82) is 0 Å². The first-order chi connectivity index (χ1) is 17.7. The van der Waals surface area contributed by atoms with E-state index in [1.54, 1.807) is 26.2 Å². The van der Waals surface area contributed by atoms with Gasteiger partial charge in [0.15, 0.2) is 16.5 Å². The molecular formula is C25H33N5O7. The largest absolute Gasteiger partial charge is 0.493 e. The Morgan fingerprint density at radius 2 is 1.70 bits per heavy atom. The van der Waals surface area contributed by atoms with E-state index in [0.717, 1.165) is 16.7 Å². The third kappa shape index (κ3) is 8.30. The molecule has 12 nitrogen and oxygen atoms in total. The number of aryl methyl sites for hydroxylation is 1. The molecule has 2 rings (SSSR count). The minimum absolute atomic E-state index is 0.266. The predicted octanol–water partition coefficient (Wildman–Crippen LogP) is 3.64. The summed E-state index contributed by atoms with van der Waals surface area (Å²) in [7, 11) is 6.00. The molecule has 0 aliphatic heterocycles.